The Balaban J connectivity index is 2.41. The summed E-state index contributed by atoms with van der Waals surface area (Å²) in [6, 6.07) is 7.50. The van der Waals surface area contributed by atoms with Gasteiger partial charge in [0.2, 0.25) is 0 Å². The second-order valence-electron chi connectivity index (χ2n) is 5.04. The summed E-state index contributed by atoms with van der Waals surface area (Å²) in [6.45, 7) is 3.37. The fourth-order valence-corrected chi connectivity index (χ4v) is 2.44. The van der Waals surface area contributed by atoms with Crippen molar-refractivity contribution in [1.29, 1.82) is 0 Å². The first kappa shape index (κ1) is 16.7. The van der Waals surface area contributed by atoms with Crippen molar-refractivity contribution in [1.82, 2.24) is 0 Å². The summed E-state index contributed by atoms with van der Waals surface area (Å²) in [7, 11) is 0. The van der Waals surface area contributed by atoms with Crippen LogP contribution in [0, 0.1) is 24.0 Å². The third-order valence-electron chi connectivity index (χ3n) is 3.45. The molecule has 5 nitrogen and oxygen atoms in total. The molecule has 2 rings (SSSR count). The van der Waals surface area contributed by atoms with Crippen molar-refractivity contribution in [3.8, 4) is 5.75 Å². The third-order valence-corrected chi connectivity index (χ3v) is 4.04. The summed E-state index contributed by atoms with van der Waals surface area (Å²) in [6.07, 6.45) is 2.54. The number of halogens is 1. The van der Waals surface area contributed by atoms with Gasteiger partial charge in [-0.3, -0.25) is 14.9 Å². The highest BCUT2D eigenvalue weighted by molar-refractivity contribution is 6.33. The molecule has 2 aromatic carbocycles. The SMILES string of the molecule is Cc1cc(O)c(C(=O)/C=C/c2ccccc2[N+](=O)[O-])c(C)c1Cl. The first-order valence-corrected chi connectivity index (χ1v) is 7.15. The lowest BCUT2D eigenvalue weighted by atomic mass is 9.99. The summed E-state index contributed by atoms with van der Waals surface area (Å²) >= 11 is 6.11. The number of carbonyl (C=O) groups excluding carboxylic acids is 1. The fourth-order valence-electron chi connectivity index (χ4n) is 2.29. The van der Waals surface area contributed by atoms with E-state index in [0.29, 0.717) is 21.7 Å². The Morgan fingerprint density at radius 1 is 1.30 bits per heavy atom. The summed E-state index contributed by atoms with van der Waals surface area (Å²) in [5, 5.41) is 21.3. The molecule has 0 radical (unpaired) electrons. The largest absolute Gasteiger partial charge is 0.507 e. The molecule has 0 aliphatic rings. The molecule has 0 unspecified atom stereocenters. The van der Waals surface area contributed by atoms with Crippen molar-refractivity contribution in [2.75, 3.05) is 0 Å². The highest BCUT2D eigenvalue weighted by atomic mass is 35.5. The number of benzene rings is 2. The average molecular weight is 332 g/mol. The molecule has 0 aromatic heterocycles. The number of nitro benzene ring substituents is 1. The minimum atomic E-state index is -0.518. The Bertz CT molecular complexity index is 828. The molecule has 0 atom stereocenters. The van der Waals surface area contributed by atoms with Crippen molar-refractivity contribution < 1.29 is 14.8 Å². The van der Waals surface area contributed by atoms with Gasteiger partial charge in [0, 0.05) is 11.1 Å². The van der Waals surface area contributed by atoms with Gasteiger partial charge in [0.15, 0.2) is 5.78 Å². The molecule has 1 N–H and O–H groups in total. The number of aromatic hydroxyl groups is 1. The van der Waals surface area contributed by atoms with Crippen LogP contribution in [0.1, 0.15) is 27.0 Å². The molecule has 2 aromatic rings. The van der Waals surface area contributed by atoms with E-state index in [2.05, 4.69) is 0 Å². The maximum atomic E-state index is 12.3. The van der Waals surface area contributed by atoms with Crippen molar-refractivity contribution in [2.45, 2.75) is 13.8 Å². The summed E-state index contributed by atoms with van der Waals surface area (Å²) in [4.78, 5) is 22.8. The Labute approximate surface area is 138 Å². The number of ketones is 1. The summed E-state index contributed by atoms with van der Waals surface area (Å²) in [5.41, 5.74) is 1.44. The van der Waals surface area contributed by atoms with E-state index < -0.39 is 10.7 Å². The number of aryl methyl sites for hydroxylation is 1. The lowest BCUT2D eigenvalue weighted by Gasteiger charge is -2.09. The second-order valence-corrected chi connectivity index (χ2v) is 5.42. The number of phenolic OH excluding ortho intramolecular Hbond substituents is 1. The molecule has 0 aliphatic heterocycles. The predicted molar refractivity (Wildman–Crippen MR) is 89.1 cm³/mol. The maximum absolute atomic E-state index is 12.3. The van der Waals surface area contributed by atoms with Crippen molar-refractivity contribution >= 4 is 29.1 Å². The van der Waals surface area contributed by atoms with Crippen LogP contribution in [0.2, 0.25) is 5.02 Å². The minimum absolute atomic E-state index is 0.0930. The Morgan fingerprint density at radius 2 is 1.96 bits per heavy atom. The molecule has 118 valence electrons. The molecule has 0 saturated heterocycles. The molecule has 0 aliphatic carbocycles. The van der Waals surface area contributed by atoms with E-state index >= 15 is 0 Å². The van der Waals surface area contributed by atoms with Crippen LogP contribution in [0.15, 0.2) is 36.4 Å². The van der Waals surface area contributed by atoms with Gasteiger partial charge in [0.05, 0.1) is 16.1 Å². The van der Waals surface area contributed by atoms with Crippen LogP contribution in [0.4, 0.5) is 5.69 Å². The average Bonchev–Trinajstić information content (AvgIpc) is 2.51. The molecule has 0 spiro atoms. The quantitative estimate of drug-likeness (QED) is 0.388. The van der Waals surface area contributed by atoms with Crippen LogP contribution in [0.25, 0.3) is 6.08 Å². The molecule has 6 heteroatoms. The summed E-state index contributed by atoms with van der Waals surface area (Å²) < 4.78 is 0. The first-order chi connectivity index (χ1) is 10.8. The number of allylic oxidation sites excluding steroid dienone is 1. The lowest BCUT2D eigenvalue weighted by molar-refractivity contribution is -0.385. The number of rotatable bonds is 4. The Hall–Kier alpha value is -2.66. The van der Waals surface area contributed by atoms with E-state index in [1.165, 1.54) is 30.4 Å². The molecule has 23 heavy (non-hydrogen) atoms. The summed E-state index contributed by atoms with van der Waals surface area (Å²) in [5.74, 6) is -0.637. The maximum Gasteiger partial charge on any atom is 0.276 e. The van der Waals surface area contributed by atoms with Crippen LogP contribution in [0.5, 0.6) is 5.75 Å². The second kappa shape index (κ2) is 6.62. The van der Waals surface area contributed by atoms with Crippen LogP contribution in [0.3, 0.4) is 0 Å². The Kier molecular flexibility index (Phi) is 4.81. The van der Waals surface area contributed by atoms with Crippen LogP contribution < -0.4 is 0 Å². The number of hydrogen-bond donors (Lipinski definition) is 1. The fraction of sp³-hybridized carbons (Fsp3) is 0.118. The van der Waals surface area contributed by atoms with E-state index in [4.69, 9.17) is 11.6 Å². The van der Waals surface area contributed by atoms with Gasteiger partial charge in [-0.05, 0) is 49.3 Å². The number of nitrogens with zero attached hydrogens (tertiary/aromatic N) is 1. The zero-order chi connectivity index (χ0) is 17.1. The van der Waals surface area contributed by atoms with Gasteiger partial charge < -0.3 is 5.11 Å². The topological polar surface area (TPSA) is 80.4 Å². The smallest absolute Gasteiger partial charge is 0.276 e. The lowest BCUT2D eigenvalue weighted by Crippen LogP contribution is -2.01. The number of para-hydroxylation sites is 1. The van der Waals surface area contributed by atoms with Gasteiger partial charge in [-0.1, -0.05) is 23.7 Å². The number of hydrogen-bond acceptors (Lipinski definition) is 4. The zero-order valence-electron chi connectivity index (χ0n) is 12.5. The monoisotopic (exact) mass is 331 g/mol. The van der Waals surface area contributed by atoms with Crippen molar-refractivity contribution in [3.63, 3.8) is 0 Å². The van der Waals surface area contributed by atoms with E-state index in [1.807, 2.05) is 0 Å². The minimum Gasteiger partial charge on any atom is -0.507 e. The van der Waals surface area contributed by atoms with Gasteiger partial charge in [-0.15, -0.1) is 0 Å². The predicted octanol–water partition coefficient (Wildman–Crippen LogP) is 4.47. The zero-order valence-corrected chi connectivity index (χ0v) is 13.3. The first-order valence-electron chi connectivity index (χ1n) is 6.77. The van der Waals surface area contributed by atoms with Crippen LogP contribution >= 0.6 is 11.6 Å². The van der Waals surface area contributed by atoms with Crippen LogP contribution in [-0.4, -0.2) is 15.8 Å². The molecular formula is C17H14ClNO4. The number of phenols is 1. The number of nitro groups is 1. The van der Waals surface area contributed by atoms with E-state index in [-0.39, 0.29) is 17.0 Å². The highest BCUT2D eigenvalue weighted by Crippen LogP contribution is 2.31. The van der Waals surface area contributed by atoms with Gasteiger partial charge in [0.1, 0.15) is 5.75 Å². The molecule has 0 saturated carbocycles. The Morgan fingerprint density at radius 3 is 2.61 bits per heavy atom. The van der Waals surface area contributed by atoms with Gasteiger partial charge in [0.25, 0.3) is 5.69 Å². The molecule has 0 bridgehead atoms. The molecule has 0 fully saturated rings. The molecular weight excluding hydrogens is 318 g/mol. The molecule has 0 heterocycles. The normalized spacial score (nSPS) is 10.9. The van der Waals surface area contributed by atoms with E-state index in [9.17, 15) is 20.0 Å². The van der Waals surface area contributed by atoms with Gasteiger partial charge in [-0.2, -0.15) is 0 Å². The van der Waals surface area contributed by atoms with Crippen molar-refractivity contribution in [3.05, 3.63) is 73.8 Å². The highest BCUT2D eigenvalue weighted by Gasteiger charge is 2.17. The van der Waals surface area contributed by atoms with Crippen LogP contribution in [-0.2, 0) is 0 Å². The number of carbonyl (C=O) groups is 1. The molecule has 0 amide bonds. The van der Waals surface area contributed by atoms with Gasteiger partial charge in [-0.25, -0.2) is 0 Å². The van der Waals surface area contributed by atoms with Crippen molar-refractivity contribution in [2.24, 2.45) is 0 Å². The van der Waals surface area contributed by atoms with E-state index in [1.54, 1.807) is 26.0 Å². The van der Waals surface area contributed by atoms with E-state index in [0.717, 1.165) is 0 Å². The standard InChI is InChI=1S/C17H14ClNO4/c1-10-9-15(21)16(11(2)17(10)18)14(20)8-7-12-5-3-4-6-13(12)19(22)23/h3-9,21H,1-2H3/b8-7+. The van der Waals surface area contributed by atoms with Gasteiger partial charge >= 0.3 is 0 Å². The third kappa shape index (κ3) is 3.40.